The molecule has 0 saturated carbocycles. The summed E-state index contributed by atoms with van der Waals surface area (Å²) >= 11 is 0. The van der Waals surface area contributed by atoms with Crippen LogP contribution in [0.5, 0.6) is 5.75 Å². The van der Waals surface area contributed by atoms with Crippen LogP contribution in [-0.2, 0) is 6.42 Å². The first-order chi connectivity index (χ1) is 18.1. The third-order valence-electron chi connectivity index (χ3n) is 5.64. The zero-order chi connectivity index (χ0) is 27.3. The first-order valence-electron chi connectivity index (χ1n) is 12.0. The van der Waals surface area contributed by atoms with Crippen molar-refractivity contribution in [1.29, 1.82) is 0 Å². The zero-order valence-corrected chi connectivity index (χ0v) is 21.3. The highest BCUT2D eigenvalue weighted by Gasteiger charge is 2.16. The van der Waals surface area contributed by atoms with E-state index in [1.54, 1.807) is 19.9 Å². The predicted octanol–water partition coefficient (Wildman–Crippen LogP) is 4.62. The third kappa shape index (κ3) is 7.39. The second-order valence-corrected chi connectivity index (χ2v) is 9.56. The number of carbonyl (C=O) groups excluding carboxylic acids is 1. The quantitative estimate of drug-likeness (QED) is 0.260. The summed E-state index contributed by atoms with van der Waals surface area (Å²) in [5.74, 6) is -0.864. The van der Waals surface area contributed by atoms with E-state index in [0.717, 1.165) is 17.2 Å². The van der Waals surface area contributed by atoms with E-state index in [2.05, 4.69) is 30.5 Å². The molecule has 0 radical (unpaired) electrons. The Morgan fingerprint density at radius 3 is 2.58 bits per heavy atom. The molecule has 2 aromatic heterocycles. The largest absolute Gasteiger partial charge is 0.494 e. The average Bonchev–Trinajstić information content (AvgIpc) is 3.30. The van der Waals surface area contributed by atoms with Crippen molar-refractivity contribution in [3.8, 4) is 17.0 Å². The van der Waals surface area contributed by atoms with Crippen LogP contribution in [0.4, 0.5) is 14.6 Å². The van der Waals surface area contributed by atoms with Gasteiger partial charge in [0.05, 0.1) is 17.9 Å². The lowest BCUT2D eigenvalue weighted by atomic mass is 10.0. The molecule has 0 aliphatic heterocycles. The molecule has 0 atom stereocenters. The molecule has 38 heavy (non-hydrogen) atoms. The van der Waals surface area contributed by atoms with Crippen LogP contribution >= 0.6 is 0 Å². The molecule has 3 N–H and O–H groups in total. The number of H-pyrrole nitrogens is 1. The molecular weight excluding hydrogens is 494 g/mol. The van der Waals surface area contributed by atoms with Gasteiger partial charge in [0.1, 0.15) is 35.4 Å². The van der Waals surface area contributed by atoms with Gasteiger partial charge < -0.3 is 20.1 Å². The summed E-state index contributed by atoms with van der Waals surface area (Å²) in [5, 5.41) is 20.2. The van der Waals surface area contributed by atoms with Gasteiger partial charge in [0, 0.05) is 24.1 Å². The number of aromatic nitrogens is 5. The van der Waals surface area contributed by atoms with Gasteiger partial charge in [-0.15, -0.1) is 10.2 Å². The van der Waals surface area contributed by atoms with Gasteiger partial charge in [0.2, 0.25) is 5.82 Å². The number of nitrogens with zero attached hydrogens (tertiary/aromatic N) is 4. The summed E-state index contributed by atoms with van der Waals surface area (Å²) in [5.41, 5.74) is 1.97. The van der Waals surface area contributed by atoms with E-state index in [1.807, 2.05) is 25.1 Å². The highest BCUT2D eigenvalue weighted by Crippen LogP contribution is 2.27. The standard InChI is InChI=1S/C27H28F2N6O3/c1-16-5-6-20(38-8-4-7-27(2,3)37)13-21(16)22-14-23(31-15-30-22)33-26(36)25-32-24(34-35-25)11-17-9-18(28)12-19(29)10-17/h5-6,9-10,12-15,37H,4,7-8,11H2,1-3H3,(H,32,34,35)(H,30,31,33,36). The normalized spacial score (nSPS) is 11.4. The number of benzene rings is 2. The van der Waals surface area contributed by atoms with Gasteiger partial charge >= 0.3 is 0 Å². The van der Waals surface area contributed by atoms with E-state index in [1.165, 1.54) is 18.5 Å². The molecule has 0 aliphatic rings. The number of rotatable bonds is 10. The van der Waals surface area contributed by atoms with Gasteiger partial charge in [-0.1, -0.05) is 6.07 Å². The molecule has 11 heteroatoms. The van der Waals surface area contributed by atoms with Crippen molar-refractivity contribution < 1.29 is 23.4 Å². The lowest BCUT2D eigenvalue weighted by Gasteiger charge is -2.17. The van der Waals surface area contributed by atoms with Crippen LogP contribution in [0.2, 0.25) is 0 Å². The SMILES string of the molecule is Cc1ccc(OCCCC(C)(C)O)cc1-c1cc(NC(=O)c2nnc(Cc3cc(F)cc(F)c3)[nH]2)ncn1. The number of aliphatic hydroxyl groups is 1. The lowest BCUT2D eigenvalue weighted by Crippen LogP contribution is -2.19. The summed E-state index contributed by atoms with van der Waals surface area (Å²) in [7, 11) is 0. The number of halogens is 2. The van der Waals surface area contributed by atoms with E-state index in [9.17, 15) is 18.7 Å². The summed E-state index contributed by atoms with van der Waals surface area (Å²) < 4.78 is 32.7. The molecule has 2 heterocycles. The highest BCUT2D eigenvalue weighted by molar-refractivity contribution is 6.01. The molecule has 0 aliphatic carbocycles. The Morgan fingerprint density at radius 2 is 1.84 bits per heavy atom. The third-order valence-corrected chi connectivity index (χ3v) is 5.64. The van der Waals surface area contributed by atoms with Crippen LogP contribution in [0, 0.1) is 18.6 Å². The molecule has 0 unspecified atom stereocenters. The number of hydrogen-bond acceptors (Lipinski definition) is 7. The average molecular weight is 523 g/mol. The summed E-state index contributed by atoms with van der Waals surface area (Å²) in [6.45, 7) is 5.93. The Balaban J connectivity index is 1.42. The molecule has 0 bridgehead atoms. The number of hydrogen-bond donors (Lipinski definition) is 3. The number of aryl methyl sites for hydroxylation is 1. The molecular formula is C27H28F2N6O3. The minimum absolute atomic E-state index is 0.0715. The van der Waals surface area contributed by atoms with Gasteiger partial charge in [-0.05, 0) is 69.0 Å². The van der Waals surface area contributed by atoms with Crippen molar-refractivity contribution in [2.75, 3.05) is 11.9 Å². The van der Waals surface area contributed by atoms with E-state index >= 15 is 0 Å². The van der Waals surface area contributed by atoms with Crippen LogP contribution < -0.4 is 10.1 Å². The first-order valence-corrected chi connectivity index (χ1v) is 12.0. The molecule has 0 saturated heterocycles. The summed E-state index contributed by atoms with van der Waals surface area (Å²) in [6, 6.07) is 10.4. The second kappa shape index (κ2) is 11.4. The number of amides is 1. The first kappa shape index (κ1) is 26.8. The van der Waals surface area contributed by atoms with Crippen molar-refractivity contribution in [2.45, 2.75) is 45.6 Å². The Hall–Kier alpha value is -4.25. The Bertz CT molecular complexity index is 1410. The Labute approximate surface area is 218 Å². The minimum atomic E-state index is -0.739. The van der Waals surface area contributed by atoms with E-state index in [4.69, 9.17) is 4.74 Å². The maximum Gasteiger partial charge on any atom is 0.294 e. The number of nitrogens with one attached hydrogen (secondary N) is 2. The lowest BCUT2D eigenvalue weighted by molar-refractivity contribution is 0.0641. The van der Waals surface area contributed by atoms with Crippen LogP contribution in [0.1, 0.15) is 54.3 Å². The molecule has 4 aromatic rings. The van der Waals surface area contributed by atoms with Crippen LogP contribution in [0.25, 0.3) is 11.3 Å². The predicted molar refractivity (Wildman–Crippen MR) is 137 cm³/mol. The van der Waals surface area contributed by atoms with Gasteiger partial charge in [-0.2, -0.15) is 0 Å². The van der Waals surface area contributed by atoms with Crippen molar-refractivity contribution in [3.05, 3.63) is 83.2 Å². The van der Waals surface area contributed by atoms with Crippen molar-refractivity contribution in [1.82, 2.24) is 25.1 Å². The number of anilines is 1. The minimum Gasteiger partial charge on any atom is -0.494 e. The molecule has 1 amide bonds. The highest BCUT2D eigenvalue weighted by atomic mass is 19.1. The Morgan fingerprint density at radius 1 is 1.08 bits per heavy atom. The summed E-state index contributed by atoms with van der Waals surface area (Å²) in [4.78, 5) is 23.9. The van der Waals surface area contributed by atoms with Gasteiger partial charge in [0.25, 0.3) is 5.91 Å². The Kier molecular flexibility index (Phi) is 8.06. The molecule has 9 nitrogen and oxygen atoms in total. The number of carbonyl (C=O) groups is 1. The molecule has 4 rings (SSSR count). The van der Waals surface area contributed by atoms with Gasteiger partial charge in [0.15, 0.2) is 0 Å². The monoisotopic (exact) mass is 522 g/mol. The van der Waals surface area contributed by atoms with Crippen LogP contribution in [-0.4, -0.2) is 48.4 Å². The molecule has 198 valence electrons. The fourth-order valence-corrected chi connectivity index (χ4v) is 3.80. The second-order valence-electron chi connectivity index (χ2n) is 9.56. The van der Waals surface area contributed by atoms with Gasteiger partial charge in [-0.25, -0.2) is 18.7 Å². The molecule has 2 aromatic carbocycles. The van der Waals surface area contributed by atoms with Crippen LogP contribution in [0.15, 0.2) is 48.8 Å². The summed E-state index contributed by atoms with van der Waals surface area (Å²) in [6.07, 6.45) is 2.74. The fourth-order valence-electron chi connectivity index (χ4n) is 3.80. The number of ether oxygens (including phenoxy) is 1. The van der Waals surface area contributed by atoms with Gasteiger partial charge in [-0.3, -0.25) is 4.79 Å². The smallest absolute Gasteiger partial charge is 0.294 e. The molecule has 0 fully saturated rings. The van der Waals surface area contributed by atoms with E-state index < -0.39 is 23.1 Å². The molecule has 0 spiro atoms. The maximum atomic E-state index is 13.4. The number of aromatic amines is 1. The van der Waals surface area contributed by atoms with E-state index in [-0.39, 0.29) is 23.9 Å². The topological polar surface area (TPSA) is 126 Å². The zero-order valence-electron chi connectivity index (χ0n) is 21.3. The fraction of sp³-hybridized carbons (Fsp3) is 0.296. The van der Waals surface area contributed by atoms with Crippen LogP contribution in [0.3, 0.4) is 0 Å². The van der Waals surface area contributed by atoms with Crippen molar-refractivity contribution in [2.24, 2.45) is 0 Å². The van der Waals surface area contributed by atoms with Crippen molar-refractivity contribution >= 4 is 11.7 Å². The maximum absolute atomic E-state index is 13.4. The van der Waals surface area contributed by atoms with Crippen molar-refractivity contribution in [3.63, 3.8) is 0 Å². The van der Waals surface area contributed by atoms with E-state index in [0.29, 0.717) is 36.5 Å².